The minimum absolute atomic E-state index is 0.0151. The molecule has 28 heavy (non-hydrogen) atoms. The fourth-order valence-electron chi connectivity index (χ4n) is 4.13. The Kier molecular flexibility index (Phi) is 5.46. The lowest BCUT2D eigenvalue weighted by Crippen LogP contribution is -2.49. The number of hydrogen-bond acceptors (Lipinski definition) is 5. The summed E-state index contributed by atoms with van der Waals surface area (Å²) in [6.07, 6.45) is 5.18. The summed E-state index contributed by atoms with van der Waals surface area (Å²) >= 11 is 0. The Labute approximate surface area is 167 Å². The molecule has 2 aromatic rings. The van der Waals surface area contributed by atoms with Crippen molar-refractivity contribution in [3.63, 3.8) is 0 Å². The van der Waals surface area contributed by atoms with E-state index in [2.05, 4.69) is 51.8 Å². The number of anilines is 2. The van der Waals surface area contributed by atoms with Crippen molar-refractivity contribution in [2.75, 3.05) is 49.1 Å². The first-order valence-corrected chi connectivity index (χ1v) is 10.3. The van der Waals surface area contributed by atoms with Crippen LogP contribution < -0.4 is 9.80 Å². The maximum Gasteiger partial charge on any atom is 0.272 e. The Hall–Kier alpha value is -2.63. The third kappa shape index (κ3) is 3.96. The monoisotopic (exact) mass is 379 g/mol. The normalized spacial score (nSPS) is 17.7. The van der Waals surface area contributed by atoms with Crippen molar-refractivity contribution < 1.29 is 4.79 Å². The summed E-state index contributed by atoms with van der Waals surface area (Å²) in [5.41, 5.74) is 4.34. The zero-order valence-corrected chi connectivity index (χ0v) is 16.9. The van der Waals surface area contributed by atoms with Gasteiger partial charge in [0.1, 0.15) is 17.8 Å². The molecule has 0 spiro atoms. The highest BCUT2D eigenvalue weighted by atomic mass is 16.2. The number of carbonyl (C=O) groups is 1. The molecule has 1 aromatic carbocycles. The van der Waals surface area contributed by atoms with Crippen LogP contribution in [0.2, 0.25) is 0 Å². The minimum atomic E-state index is 0.0151. The van der Waals surface area contributed by atoms with E-state index in [-0.39, 0.29) is 5.91 Å². The number of piperidine rings is 1. The number of benzene rings is 1. The molecule has 2 saturated heterocycles. The van der Waals surface area contributed by atoms with Crippen molar-refractivity contribution in [3.05, 3.63) is 47.4 Å². The van der Waals surface area contributed by atoms with E-state index >= 15 is 0 Å². The van der Waals surface area contributed by atoms with Gasteiger partial charge in [0, 0.05) is 51.0 Å². The van der Waals surface area contributed by atoms with E-state index in [1.54, 1.807) is 0 Å². The van der Waals surface area contributed by atoms with Crippen molar-refractivity contribution in [1.82, 2.24) is 14.9 Å². The first-order valence-electron chi connectivity index (χ1n) is 10.3. The van der Waals surface area contributed by atoms with Gasteiger partial charge in [-0.2, -0.15) is 0 Å². The number of nitrogens with zero attached hydrogens (tertiary/aromatic N) is 5. The van der Waals surface area contributed by atoms with Crippen LogP contribution in [0.4, 0.5) is 11.5 Å². The van der Waals surface area contributed by atoms with Gasteiger partial charge in [-0.1, -0.05) is 12.1 Å². The maximum atomic E-state index is 13.0. The number of rotatable bonds is 3. The van der Waals surface area contributed by atoms with Crippen LogP contribution in [0, 0.1) is 13.8 Å². The first-order chi connectivity index (χ1) is 13.6. The molecule has 0 bridgehead atoms. The number of carbonyl (C=O) groups excluding carboxylic acids is 1. The maximum absolute atomic E-state index is 13.0. The molecule has 6 heteroatoms. The van der Waals surface area contributed by atoms with Crippen LogP contribution in [0.1, 0.15) is 40.9 Å². The van der Waals surface area contributed by atoms with Crippen LogP contribution >= 0.6 is 0 Å². The second-order valence-electron chi connectivity index (χ2n) is 7.88. The summed E-state index contributed by atoms with van der Waals surface area (Å²) in [5.74, 6) is 0.897. The van der Waals surface area contributed by atoms with Crippen LogP contribution in [0.15, 0.2) is 30.6 Å². The number of aryl methyl sites for hydroxylation is 2. The fourth-order valence-corrected chi connectivity index (χ4v) is 4.13. The van der Waals surface area contributed by atoms with Gasteiger partial charge in [0.2, 0.25) is 0 Å². The lowest BCUT2D eigenvalue weighted by atomic mass is 10.1. The van der Waals surface area contributed by atoms with E-state index in [0.29, 0.717) is 5.69 Å². The highest BCUT2D eigenvalue weighted by Crippen LogP contribution is 2.23. The number of piperazine rings is 1. The first kappa shape index (κ1) is 18.7. The lowest BCUT2D eigenvalue weighted by molar-refractivity contribution is 0.0740. The van der Waals surface area contributed by atoms with Gasteiger partial charge in [0.15, 0.2) is 0 Å². The molecular formula is C22H29N5O. The summed E-state index contributed by atoms with van der Waals surface area (Å²) in [6.45, 7) is 9.43. The molecule has 1 amide bonds. The molecule has 0 aliphatic carbocycles. The van der Waals surface area contributed by atoms with E-state index in [1.165, 1.54) is 42.4 Å². The van der Waals surface area contributed by atoms with E-state index in [0.717, 1.165) is 45.1 Å². The Balaban J connectivity index is 1.42. The van der Waals surface area contributed by atoms with Gasteiger partial charge in [0.25, 0.3) is 5.91 Å². The predicted octanol–water partition coefficient (Wildman–Crippen LogP) is 3.05. The Bertz CT molecular complexity index is 839. The van der Waals surface area contributed by atoms with Crippen molar-refractivity contribution in [1.29, 1.82) is 0 Å². The second-order valence-corrected chi connectivity index (χ2v) is 7.88. The topological polar surface area (TPSA) is 52.6 Å². The standard InChI is InChI=1S/C22H29N5O/c1-17-6-7-18(2)20(14-17)25-10-12-27(13-11-25)22(28)19-15-21(24-16-23-19)26-8-4-3-5-9-26/h6-7,14-16H,3-5,8-13H2,1-2H3. The van der Waals surface area contributed by atoms with E-state index in [9.17, 15) is 4.79 Å². The van der Waals surface area contributed by atoms with E-state index in [4.69, 9.17) is 0 Å². The van der Waals surface area contributed by atoms with Gasteiger partial charge in [-0.05, 0) is 50.3 Å². The molecule has 0 atom stereocenters. The molecule has 148 valence electrons. The summed E-state index contributed by atoms with van der Waals surface area (Å²) in [5, 5.41) is 0. The highest BCUT2D eigenvalue weighted by molar-refractivity contribution is 5.93. The Morgan fingerprint density at radius 1 is 0.857 bits per heavy atom. The molecule has 0 saturated carbocycles. The van der Waals surface area contributed by atoms with Crippen LogP contribution in [-0.4, -0.2) is 60.0 Å². The largest absolute Gasteiger partial charge is 0.368 e. The molecule has 6 nitrogen and oxygen atoms in total. The SMILES string of the molecule is Cc1ccc(C)c(N2CCN(C(=O)c3cc(N4CCCCC4)ncn3)CC2)c1. The molecule has 2 aliphatic heterocycles. The van der Waals surface area contributed by atoms with Crippen LogP contribution in [0.3, 0.4) is 0 Å². The van der Waals surface area contributed by atoms with Crippen LogP contribution in [-0.2, 0) is 0 Å². The summed E-state index contributed by atoms with van der Waals surface area (Å²) in [7, 11) is 0. The quantitative estimate of drug-likeness (QED) is 0.820. The number of amides is 1. The van der Waals surface area contributed by atoms with Crippen molar-refractivity contribution in [2.45, 2.75) is 33.1 Å². The lowest BCUT2D eigenvalue weighted by Gasteiger charge is -2.37. The van der Waals surface area contributed by atoms with Crippen LogP contribution in [0.25, 0.3) is 0 Å². The molecular weight excluding hydrogens is 350 g/mol. The summed E-state index contributed by atoms with van der Waals surface area (Å²) in [6, 6.07) is 8.42. The van der Waals surface area contributed by atoms with Crippen molar-refractivity contribution in [3.8, 4) is 0 Å². The third-order valence-electron chi connectivity index (χ3n) is 5.82. The average molecular weight is 380 g/mol. The molecule has 0 radical (unpaired) electrons. The fraction of sp³-hybridized carbons (Fsp3) is 0.500. The van der Waals surface area contributed by atoms with Gasteiger partial charge in [-0.25, -0.2) is 9.97 Å². The summed E-state index contributed by atoms with van der Waals surface area (Å²) in [4.78, 5) is 28.2. The van der Waals surface area contributed by atoms with Crippen LogP contribution in [0.5, 0.6) is 0 Å². The van der Waals surface area contributed by atoms with Gasteiger partial charge >= 0.3 is 0 Å². The Morgan fingerprint density at radius 3 is 2.36 bits per heavy atom. The number of hydrogen-bond donors (Lipinski definition) is 0. The van der Waals surface area contributed by atoms with Gasteiger partial charge in [-0.3, -0.25) is 4.79 Å². The Morgan fingerprint density at radius 2 is 1.61 bits per heavy atom. The van der Waals surface area contributed by atoms with Crippen molar-refractivity contribution >= 4 is 17.4 Å². The third-order valence-corrected chi connectivity index (χ3v) is 5.82. The average Bonchev–Trinajstić information content (AvgIpc) is 2.76. The molecule has 0 unspecified atom stereocenters. The molecule has 2 aliphatic rings. The van der Waals surface area contributed by atoms with Gasteiger partial charge in [-0.15, -0.1) is 0 Å². The molecule has 4 rings (SSSR count). The van der Waals surface area contributed by atoms with Gasteiger partial charge < -0.3 is 14.7 Å². The van der Waals surface area contributed by atoms with Crippen molar-refractivity contribution in [2.24, 2.45) is 0 Å². The van der Waals surface area contributed by atoms with Gasteiger partial charge in [0.05, 0.1) is 0 Å². The van der Waals surface area contributed by atoms with E-state index in [1.807, 2.05) is 11.0 Å². The molecule has 0 N–H and O–H groups in total. The predicted molar refractivity (Wildman–Crippen MR) is 112 cm³/mol. The minimum Gasteiger partial charge on any atom is -0.368 e. The zero-order valence-electron chi connectivity index (χ0n) is 16.9. The molecule has 2 fully saturated rings. The highest BCUT2D eigenvalue weighted by Gasteiger charge is 2.25. The van der Waals surface area contributed by atoms with E-state index < -0.39 is 0 Å². The smallest absolute Gasteiger partial charge is 0.272 e. The number of aromatic nitrogens is 2. The molecule has 3 heterocycles. The second kappa shape index (κ2) is 8.17. The zero-order chi connectivity index (χ0) is 19.5. The molecule has 1 aromatic heterocycles. The summed E-state index contributed by atoms with van der Waals surface area (Å²) < 4.78 is 0.